The monoisotopic (exact) mass is 303 g/mol. The molecule has 1 aromatic rings. The number of likely N-dealkylation sites (tertiary alicyclic amines) is 1. The van der Waals surface area contributed by atoms with E-state index in [2.05, 4.69) is 9.88 Å². The van der Waals surface area contributed by atoms with Crippen LogP contribution in [0, 0.1) is 0 Å². The highest BCUT2D eigenvalue weighted by Gasteiger charge is 2.33. The van der Waals surface area contributed by atoms with Crippen molar-refractivity contribution in [2.24, 2.45) is 0 Å². The van der Waals surface area contributed by atoms with Crippen molar-refractivity contribution < 1.29 is 9.59 Å². The third kappa shape index (κ3) is 3.03. The summed E-state index contributed by atoms with van der Waals surface area (Å²) < 4.78 is 0. The molecule has 5 nitrogen and oxygen atoms in total. The van der Waals surface area contributed by atoms with Gasteiger partial charge in [0.15, 0.2) is 0 Å². The van der Waals surface area contributed by atoms with Crippen molar-refractivity contribution in [2.75, 3.05) is 13.1 Å². The van der Waals surface area contributed by atoms with Gasteiger partial charge in [0, 0.05) is 44.5 Å². The minimum atomic E-state index is 0.0971. The second-order valence-corrected chi connectivity index (χ2v) is 6.49. The lowest BCUT2D eigenvalue weighted by atomic mass is 9.89. The van der Waals surface area contributed by atoms with Gasteiger partial charge in [-0.05, 0) is 44.6 Å². The first kappa shape index (κ1) is 15.1. The number of nitrogens with zero attached hydrogens (tertiary/aromatic N) is 2. The van der Waals surface area contributed by atoms with E-state index >= 15 is 0 Å². The van der Waals surface area contributed by atoms with Crippen LogP contribution in [0.4, 0.5) is 0 Å². The Morgan fingerprint density at radius 2 is 1.86 bits per heavy atom. The van der Waals surface area contributed by atoms with E-state index in [4.69, 9.17) is 0 Å². The quantitative estimate of drug-likeness (QED) is 0.932. The molecule has 22 heavy (non-hydrogen) atoms. The van der Waals surface area contributed by atoms with Crippen LogP contribution in [0.2, 0.25) is 0 Å². The van der Waals surface area contributed by atoms with E-state index in [-0.39, 0.29) is 11.8 Å². The van der Waals surface area contributed by atoms with Crippen molar-refractivity contribution in [1.29, 1.82) is 0 Å². The lowest BCUT2D eigenvalue weighted by Gasteiger charge is -2.42. The number of carbonyl (C=O) groups is 2. The second-order valence-electron chi connectivity index (χ2n) is 6.49. The number of aromatic nitrogens is 1. The van der Waals surface area contributed by atoms with Crippen LogP contribution in [0.3, 0.4) is 0 Å². The van der Waals surface area contributed by atoms with Gasteiger partial charge in [0.05, 0.1) is 5.56 Å². The third-order valence-electron chi connectivity index (χ3n) is 5.05. The number of carbonyl (C=O) groups excluding carboxylic acids is 2. The fourth-order valence-electron chi connectivity index (χ4n) is 3.68. The fraction of sp³-hybridized carbons (Fsp3) is 0.647. The molecule has 2 fully saturated rings. The molecule has 1 saturated heterocycles. The van der Waals surface area contributed by atoms with Crippen LogP contribution < -0.4 is 0 Å². The number of hydrogen-bond donors (Lipinski definition) is 1. The highest BCUT2D eigenvalue weighted by atomic mass is 16.2. The molecule has 1 aromatic heterocycles. The van der Waals surface area contributed by atoms with Gasteiger partial charge in [-0.2, -0.15) is 0 Å². The molecule has 5 heteroatoms. The summed E-state index contributed by atoms with van der Waals surface area (Å²) in [6.07, 6.45) is 9.92. The third-order valence-corrected chi connectivity index (χ3v) is 5.05. The lowest BCUT2D eigenvalue weighted by molar-refractivity contribution is -0.136. The van der Waals surface area contributed by atoms with Gasteiger partial charge in [-0.1, -0.05) is 0 Å². The summed E-state index contributed by atoms with van der Waals surface area (Å²) in [6, 6.07) is 2.56. The van der Waals surface area contributed by atoms with Gasteiger partial charge in [-0.3, -0.25) is 9.59 Å². The molecule has 0 radical (unpaired) electrons. The fourth-order valence-corrected chi connectivity index (χ4v) is 3.68. The van der Waals surface area contributed by atoms with E-state index in [9.17, 15) is 9.59 Å². The molecule has 2 heterocycles. The Hall–Kier alpha value is -1.78. The van der Waals surface area contributed by atoms with E-state index < -0.39 is 0 Å². The van der Waals surface area contributed by atoms with Crippen LogP contribution in [-0.4, -0.2) is 51.8 Å². The van der Waals surface area contributed by atoms with Crippen LogP contribution in [0.25, 0.3) is 0 Å². The largest absolute Gasteiger partial charge is 0.367 e. The Morgan fingerprint density at radius 1 is 1.14 bits per heavy atom. The van der Waals surface area contributed by atoms with Gasteiger partial charge in [-0.25, -0.2) is 0 Å². The predicted molar refractivity (Wildman–Crippen MR) is 84.5 cm³/mol. The molecule has 2 aliphatic rings. The van der Waals surface area contributed by atoms with Crippen LogP contribution in [0.5, 0.6) is 0 Å². The second kappa shape index (κ2) is 6.55. The topological polar surface area (TPSA) is 56.4 Å². The summed E-state index contributed by atoms with van der Waals surface area (Å²) in [6.45, 7) is 3.22. The van der Waals surface area contributed by atoms with Crippen molar-refractivity contribution in [3.8, 4) is 0 Å². The average Bonchev–Trinajstić information content (AvgIpc) is 2.87. The molecule has 0 unspecified atom stereocenters. The van der Waals surface area contributed by atoms with Crippen LogP contribution in [0.1, 0.15) is 55.8 Å². The van der Waals surface area contributed by atoms with E-state index in [1.54, 1.807) is 19.3 Å². The van der Waals surface area contributed by atoms with E-state index in [1.165, 1.54) is 6.42 Å². The Bertz CT molecular complexity index is 522. The molecule has 0 spiro atoms. The van der Waals surface area contributed by atoms with Crippen molar-refractivity contribution in [3.05, 3.63) is 24.0 Å². The lowest BCUT2D eigenvalue weighted by Crippen LogP contribution is -2.49. The molecule has 1 aliphatic heterocycles. The number of H-pyrrole nitrogens is 1. The zero-order valence-electron chi connectivity index (χ0n) is 13.3. The molecule has 0 aromatic carbocycles. The molecular weight excluding hydrogens is 278 g/mol. The van der Waals surface area contributed by atoms with Gasteiger partial charge >= 0.3 is 0 Å². The Balaban J connectivity index is 1.64. The smallest absolute Gasteiger partial charge is 0.255 e. The molecule has 120 valence electrons. The number of nitrogens with one attached hydrogen (secondary N) is 1. The van der Waals surface area contributed by atoms with Gasteiger partial charge in [0.1, 0.15) is 0 Å². The Labute approximate surface area is 131 Å². The summed E-state index contributed by atoms with van der Waals surface area (Å²) in [5.74, 6) is 0.292. The summed E-state index contributed by atoms with van der Waals surface area (Å²) in [4.78, 5) is 31.5. The average molecular weight is 303 g/mol. The first-order chi connectivity index (χ1) is 10.7. The van der Waals surface area contributed by atoms with Crippen LogP contribution in [0.15, 0.2) is 18.5 Å². The number of amides is 2. The van der Waals surface area contributed by atoms with Crippen molar-refractivity contribution in [1.82, 2.24) is 14.8 Å². The van der Waals surface area contributed by atoms with E-state index in [0.717, 1.165) is 50.8 Å². The van der Waals surface area contributed by atoms with Crippen molar-refractivity contribution in [2.45, 2.75) is 57.5 Å². The zero-order valence-corrected chi connectivity index (χ0v) is 13.3. The number of hydrogen-bond acceptors (Lipinski definition) is 2. The molecule has 1 saturated carbocycles. The summed E-state index contributed by atoms with van der Waals surface area (Å²) in [5, 5.41) is 0. The van der Waals surface area contributed by atoms with Gasteiger partial charge < -0.3 is 14.8 Å². The molecular formula is C17H25N3O2. The molecule has 1 N–H and O–H groups in total. The maximum atomic E-state index is 12.5. The van der Waals surface area contributed by atoms with Crippen molar-refractivity contribution in [3.63, 3.8) is 0 Å². The summed E-state index contributed by atoms with van der Waals surface area (Å²) in [5.41, 5.74) is 0.723. The number of aromatic amines is 1. The summed E-state index contributed by atoms with van der Waals surface area (Å²) >= 11 is 0. The highest BCUT2D eigenvalue weighted by molar-refractivity contribution is 5.94. The first-order valence-corrected chi connectivity index (χ1v) is 8.38. The SMILES string of the molecule is CC(=O)N(C1CCC1)[C@H]1CCCN(C(=O)c2cc[nH]c2)CC1. The van der Waals surface area contributed by atoms with Crippen LogP contribution in [-0.2, 0) is 4.79 Å². The minimum absolute atomic E-state index is 0.0971. The standard InChI is InChI=1S/C17H25N3O2/c1-13(21)20(15-4-2-5-15)16-6-3-10-19(11-8-16)17(22)14-7-9-18-12-14/h7,9,12,15-16,18H,2-6,8,10-11H2,1H3/t16-/m0/s1. The first-order valence-electron chi connectivity index (χ1n) is 8.38. The zero-order chi connectivity index (χ0) is 15.5. The van der Waals surface area contributed by atoms with Gasteiger partial charge in [-0.15, -0.1) is 0 Å². The minimum Gasteiger partial charge on any atom is -0.367 e. The van der Waals surface area contributed by atoms with E-state index in [0.29, 0.717) is 12.1 Å². The Morgan fingerprint density at radius 3 is 2.45 bits per heavy atom. The highest BCUT2D eigenvalue weighted by Crippen LogP contribution is 2.30. The Kier molecular flexibility index (Phi) is 4.50. The van der Waals surface area contributed by atoms with E-state index in [1.807, 2.05) is 11.0 Å². The maximum Gasteiger partial charge on any atom is 0.255 e. The predicted octanol–water partition coefficient (Wildman–Crippen LogP) is 2.41. The maximum absolute atomic E-state index is 12.5. The van der Waals surface area contributed by atoms with Crippen molar-refractivity contribution >= 4 is 11.8 Å². The molecule has 1 atom stereocenters. The van der Waals surface area contributed by atoms with Gasteiger partial charge in [0.2, 0.25) is 5.91 Å². The molecule has 1 aliphatic carbocycles. The molecule has 3 rings (SSSR count). The number of rotatable bonds is 3. The van der Waals surface area contributed by atoms with Crippen LogP contribution >= 0.6 is 0 Å². The normalized spacial score (nSPS) is 22.8. The van der Waals surface area contributed by atoms with Gasteiger partial charge in [0.25, 0.3) is 5.91 Å². The molecule has 0 bridgehead atoms. The summed E-state index contributed by atoms with van der Waals surface area (Å²) in [7, 11) is 0. The molecule has 2 amide bonds.